The number of nitrogens with zero attached hydrogens (tertiary/aromatic N) is 2. The van der Waals surface area contributed by atoms with Crippen LogP contribution in [-0.4, -0.2) is 29.1 Å². The predicted octanol–water partition coefficient (Wildman–Crippen LogP) is 3.67. The first kappa shape index (κ1) is 15.1. The Kier molecular flexibility index (Phi) is 6.07. The van der Waals surface area contributed by atoms with E-state index in [1.807, 2.05) is 0 Å². The van der Waals surface area contributed by atoms with Crippen molar-refractivity contribution < 1.29 is 9.13 Å². The van der Waals surface area contributed by atoms with E-state index < -0.39 is 0 Å². The zero-order valence-electron chi connectivity index (χ0n) is 11.1. The van der Waals surface area contributed by atoms with Crippen molar-refractivity contribution in [2.45, 2.75) is 17.7 Å². The molecule has 2 rings (SSSR count). The minimum atomic E-state index is -0.334. The molecule has 0 radical (unpaired) electrons. The van der Waals surface area contributed by atoms with Crippen LogP contribution in [0.5, 0.6) is 5.75 Å². The van der Waals surface area contributed by atoms with Crippen molar-refractivity contribution in [2.75, 3.05) is 24.2 Å². The lowest BCUT2D eigenvalue weighted by atomic mass is 10.3. The Morgan fingerprint density at radius 3 is 3.00 bits per heavy atom. The number of hydrogen-bond donors (Lipinski definition) is 1. The number of aromatic nitrogens is 2. The van der Waals surface area contributed by atoms with Gasteiger partial charge in [0.15, 0.2) is 15.9 Å². The fourth-order valence-electron chi connectivity index (χ4n) is 1.41. The van der Waals surface area contributed by atoms with Crippen molar-refractivity contribution in [3.8, 4) is 5.75 Å². The van der Waals surface area contributed by atoms with Gasteiger partial charge in [0.1, 0.15) is 0 Å². The number of halogens is 1. The molecule has 108 valence electrons. The van der Waals surface area contributed by atoms with Crippen molar-refractivity contribution in [3.05, 3.63) is 30.1 Å². The molecule has 1 heterocycles. The smallest absolute Gasteiger partial charge is 0.206 e. The van der Waals surface area contributed by atoms with E-state index in [0.717, 1.165) is 22.4 Å². The summed E-state index contributed by atoms with van der Waals surface area (Å²) in [6, 6.07) is 6.40. The van der Waals surface area contributed by atoms with E-state index in [1.165, 1.54) is 17.4 Å². The van der Waals surface area contributed by atoms with Gasteiger partial charge in [0.25, 0.3) is 0 Å². The second-order valence-electron chi connectivity index (χ2n) is 3.93. The summed E-state index contributed by atoms with van der Waals surface area (Å²) in [6.07, 6.45) is 1.05. The Bertz CT molecular complexity index is 536. The molecule has 0 aliphatic heterocycles. The molecule has 0 spiro atoms. The SMILES string of the molecule is CCCNc1nnc(SCCOc2ccccc2F)s1. The fourth-order valence-corrected chi connectivity index (χ4v) is 3.08. The van der Waals surface area contributed by atoms with Crippen LogP contribution in [-0.2, 0) is 0 Å². The predicted molar refractivity (Wildman–Crippen MR) is 81.3 cm³/mol. The van der Waals surface area contributed by atoms with E-state index in [2.05, 4.69) is 22.4 Å². The molecule has 4 nitrogen and oxygen atoms in total. The molecule has 1 aromatic heterocycles. The number of rotatable bonds is 8. The van der Waals surface area contributed by atoms with Crippen molar-refractivity contribution >= 4 is 28.2 Å². The molecular weight excluding hydrogens is 297 g/mol. The zero-order chi connectivity index (χ0) is 14.2. The van der Waals surface area contributed by atoms with Crippen molar-refractivity contribution in [1.82, 2.24) is 10.2 Å². The lowest BCUT2D eigenvalue weighted by Crippen LogP contribution is -2.01. The Labute approximate surface area is 125 Å². The fraction of sp³-hybridized carbons (Fsp3) is 0.385. The van der Waals surface area contributed by atoms with Crippen LogP contribution in [0.4, 0.5) is 9.52 Å². The van der Waals surface area contributed by atoms with Crippen molar-refractivity contribution in [1.29, 1.82) is 0 Å². The summed E-state index contributed by atoms with van der Waals surface area (Å²) in [7, 11) is 0. The van der Waals surface area contributed by atoms with Gasteiger partial charge in [0.2, 0.25) is 5.13 Å². The highest BCUT2D eigenvalue weighted by Crippen LogP contribution is 2.25. The minimum Gasteiger partial charge on any atom is -0.490 e. The lowest BCUT2D eigenvalue weighted by molar-refractivity contribution is 0.325. The third-order valence-corrected chi connectivity index (χ3v) is 4.31. The van der Waals surface area contributed by atoms with E-state index in [1.54, 1.807) is 30.0 Å². The Morgan fingerprint density at radius 2 is 2.20 bits per heavy atom. The highest BCUT2D eigenvalue weighted by molar-refractivity contribution is 8.01. The van der Waals surface area contributed by atoms with Crippen LogP contribution in [0.1, 0.15) is 13.3 Å². The molecule has 1 aromatic carbocycles. The summed E-state index contributed by atoms with van der Waals surface area (Å²) in [5.41, 5.74) is 0. The molecule has 0 saturated heterocycles. The van der Waals surface area contributed by atoms with E-state index >= 15 is 0 Å². The Hall–Kier alpha value is -1.34. The third kappa shape index (κ3) is 4.64. The average Bonchev–Trinajstić information content (AvgIpc) is 2.91. The second-order valence-corrected chi connectivity index (χ2v) is 6.25. The minimum absolute atomic E-state index is 0.288. The molecule has 1 N–H and O–H groups in total. The molecule has 0 bridgehead atoms. The van der Waals surface area contributed by atoms with Gasteiger partial charge < -0.3 is 10.1 Å². The topological polar surface area (TPSA) is 47.0 Å². The maximum atomic E-state index is 13.3. The van der Waals surface area contributed by atoms with Crippen LogP contribution >= 0.6 is 23.1 Å². The maximum absolute atomic E-state index is 13.3. The van der Waals surface area contributed by atoms with Gasteiger partial charge in [0.05, 0.1) is 6.61 Å². The van der Waals surface area contributed by atoms with Gasteiger partial charge in [-0.25, -0.2) is 4.39 Å². The van der Waals surface area contributed by atoms with Crippen LogP contribution in [0.15, 0.2) is 28.6 Å². The highest BCUT2D eigenvalue weighted by atomic mass is 32.2. The van der Waals surface area contributed by atoms with Crippen LogP contribution in [0.2, 0.25) is 0 Å². The molecule has 0 unspecified atom stereocenters. The molecule has 2 aromatic rings. The van der Waals surface area contributed by atoms with Crippen LogP contribution < -0.4 is 10.1 Å². The summed E-state index contributed by atoms with van der Waals surface area (Å²) >= 11 is 3.08. The van der Waals surface area contributed by atoms with Crippen LogP contribution in [0.3, 0.4) is 0 Å². The highest BCUT2D eigenvalue weighted by Gasteiger charge is 2.05. The molecule has 0 saturated carbocycles. The molecule has 0 fully saturated rings. The number of hydrogen-bond acceptors (Lipinski definition) is 6. The monoisotopic (exact) mass is 313 g/mol. The first-order valence-corrected chi connectivity index (χ1v) is 8.17. The number of benzene rings is 1. The molecule has 0 aliphatic carbocycles. The number of thioether (sulfide) groups is 1. The number of para-hydroxylation sites is 1. The first-order valence-electron chi connectivity index (χ1n) is 6.37. The van der Waals surface area contributed by atoms with Crippen molar-refractivity contribution in [3.63, 3.8) is 0 Å². The lowest BCUT2D eigenvalue weighted by Gasteiger charge is -2.05. The van der Waals surface area contributed by atoms with Crippen LogP contribution in [0, 0.1) is 5.82 Å². The summed E-state index contributed by atoms with van der Waals surface area (Å²) in [6.45, 7) is 3.43. The van der Waals surface area contributed by atoms with E-state index in [0.29, 0.717) is 12.4 Å². The Balaban J connectivity index is 1.71. The van der Waals surface area contributed by atoms with E-state index in [9.17, 15) is 4.39 Å². The Morgan fingerprint density at radius 1 is 1.35 bits per heavy atom. The molecule has 7 heteroatoms. The number of nitrogens with one attached hydrogen (secondary N) is 1. The van der Waals surface area contributed by atoms with E-state index in [4.69, 9.17) is 4.74 Å². The normalized spacial score (nSPS) is 10.5. The molecule has 0 amide bonds. The molecular formula is C13H16FN3OS2. The summed E-state index contributed by atoms with van der Waals surface area (Å²) in [4.78, 5) is 0. The van der Waals surface area contributed by atoms with Gasteiger partial charge >= 0.3 is 0 Å². The second kappa shape index (κ2) is 8.06. The van der Waals surface area contributed by atoms with Crippen molar-refractivity contribution in [2.24, 2.45) is 0 Å². The zero-order valence-corrected chi connectivity index (χ0v) is 12.8. The van der Waals surface area contributed by atoms with Crippen LogP contribution in [0.25, 0.3) is 0 Å². The van der Waals surface area contributed by atoms with Gasteiger partial charge in [-0.2, -0.15) is 0 Å². The molecule has 0 aliphatic rings. The third-order valence-electron chi connectivity index (χ3n) is 2.34. The van der Waals surface area contributed by atoms with Gasteiger partial charge in [-0.15, -0.1) is 10.2 Å². The largest absolute Gasteiger partial charge is 0.490 e. The standard InChI is InChI=1S/C13H16FN3OS2/c1-2-7-15-12-16-17-13(20-12)19-9-8-18-11-6-4-3-5-10(11)14/h3-6H,2,7-9H2,1H3,(H,15,16). The van der Waals surface area contributed by atoms with Gasteiger partial charge in [-0.3, -0.25) is 0 Å². The summed E-state index contributed by atoms with van der Waals surface area (Å²) in [5, 5.41) is 12.1. The van der Waals surface area contributed by atoms with Gasteiger partial charge in [-0.05, 0) is 18.6 Å². The average molecular weight is 313 g/mol. The first-order chi connectivity index (χ1) is 9.79. The molecule has 0 atom stereocenters. The van der Waals surface area contributed by atoms with E-state index in [-0.39, 0.29) is 11.6 Å². The maximum Gasteiger partial charge on any atom is 0.206 e. The van der Waals surface area contributed by atoms with Gasteiger partial charge in [-0.1, -0.05) is 42.2 Å². The summed E-state index contributed by atoms with van der Waals surface area (Å²) in [5.74, 6) is 0.659. The van der Waals surface area contributed by atoms with Gasteiger partial charge in [0, 0.05) is 12.3 Å². The summed E-state index contributed by atoms with van der Waals surface area (Å²) < 4.78 is 19.6. The number of ether oxygens (including phenoxy) is 1. The molecule has 20 heavy (non-hydrogen) atoms. The quantitative estimate of drug-likeness (QED) is 0.595. The number of anilines is 1.